The average Bonchev–Trinajstić information content (AvgIpc) is 2.71. The molecule has 2 atom stereocenters. The quantitative estimate of drug-likeness (QED) is 0.825. The molecule has 0 heterocycles. The zero-order chi connectivity index (χ0) is 13.8. The van der Waals surface area contributed by atoms with Gasteiger partial charge in [0.1, 0.15) is 5.75 Å². The van der Waals surface area contributed by atoms with Gasteiger partial charge in [-0.25, -0.2) is 0 Å². The molecule has 2 N–H and O–H groups in total. The van der Waals surface area contributed by atoms with Crippen molar-refractivity contribution in [1.82, 2.24) is 0 Å². The van der Waals surface area contributed by atoms with Gasteiger partial charge in [0.15, 0.2) is 0 Å². The summed E-state index contributed by atoms with van der Waals surface area (Å²) in [5.74, 6) is 0.912. The lowest BCUT2D eigenvalue weighted by molar-refractivity contribution is -0.140. The number of nitrogens with two attached hydrogens (primary N) is 1. The lowest BCUT2D eigenvalue weighted by Crippen LogP contribution is -2.25. The molecule has 1 aliphatic carbocycles. The van der Waals surface area contributed by atoms with Crippen LogP contribution in [-0.4, -0.2) is 25.7 Å². The Hall–Kier alpha value is -1.55. The maximum atomic E-state index is 11.3. The van der Waals surface area contributed by atoms with Crippen molar-refractivity contribution in [1.29, 1.82) is 0 Å². The van der Waals surface area contributed by atoms with Crippen LogP contribution >= 0.6 is 0 Å². The highest BCUT2D eigenvalue weighted by Crippen LogP contribution is 2.37. The summed E-state index contributed by atoms with van der Waals surface area (Å²) in [6.07, 6.45) is 2.01. The molecule has 2 unspecified atom stereocenters. The number of carbonyl (C=O) groups excluding carboxylic acids is 1. The molecule has 104 valence electrons. The molecule has 0 saturated carbocycles. The number of hydrogen-bond acceptors (Lipinski definition) is 4. The maximum absolute atomic E-state index is 11.3. The van der Waals surface area contributed by atoms with Gasteiger partial charge < -0.3 is 15.2 Å². The van der Waals surface area contributed by atoms with Gasteiger partial charge in [0, 0.05) is 18.4 Å². The molecular formula is C15H21NO3. The first-order valence-electron chi connectivity index (χ1n) is 6.73. The number of hydrogen-bond donors (Lipinski definition) is 1. The number of esters is 1. The second kappa shape index (κ2) is 6.06. The Balaban J connectivity index is 2.14. The second-order valence-electron chi connectivity index (χ2n) is 4.88. The van der Waals surface area contributed by atoms with E-state index in [0.717, 1.165) is 18.6 Å². The molecule has 4 nitrogen and oxygen atoms in total. The van der Waals surface area contributed by atoms with E-state index in [1.54, 1.807) is 0 Å². The van der Waals surface area contributed by atoms with Crippen LogP contribution in [0, 0.1) is 0 Å². The third-order valence-electron chi connectivity index (χ3n) is 3.69. The standard InChI is InChI=1S/C15H21NO3/c1-3-19-11-5-4-10-8-14(16)12(13(10)9-11)6-7-15(17)18-2/h4-5,9,12,14H,3,6-8,16H2,1-2H3. The van der Waals surface area contributed by atoms with Crippen molar-refractivity contribution < 1.29 is 14.3 Å². The van der Waals surface area contributed by atoms with Crippen molar-refractivity contribution in [3.63, 3.8) is 0 Å². The van der Waals surface area contributed by atoms with E-state index in [1.165, 1.54) is 18.2 Å². The largest absolute Gasteiger partial charge is 0.494 e. The van der Waals surface area contributed by atoms with Crippen LogP contribution in [0.3, 0.4) is 0 Å². The molecule has 19 heavy (non-hydrogen) atoms. The van der Waals surface area contributed by atoms with Gasteiger partial charge in [0.2, 0.25) is 0 Å². The van der Waals surface area contributed by atoms with E-state index in [2.05, 4.69) is 12.1 Å². The zero-order valence-corrected chi connectivity index (χ0v) is 11.5. The minimum absolute atomic E-state index is 0.0801. The SMILES string of the molecule is CCOc1ccc2c(c1)C(CCC(=O)OC)C(N)C2. The van der Waals surface area contributed by atoms with Gasteiger partial charge in [-0.15, -0.1) is 0 Å². The molecule has 1 aromatic rings. The predicted octanol–water partition coefficient (Wildman–Crippen LogP) is 2.01. The summed E-state index contributed by atoms with van der Waals surface area (Å²) < 4.78 is 10.2. The number of benzene rings is 1. The first kappa shape index (κ1) is 13.9. The third-order valence-corrected chi connectivity index (χ3v) is 3.69. The second-order valence-corrected chi connectivity index (χ2v) is 4.88. The molecule has 0 bridgehead atoms. The number of ether oxygens (including phenoxy) is 2. The van der Waals surface area contributed by atoms with Gasteiger partial charge in [0.25, 0.3) is 0 Å². The highest BCUT2D eigenvalue weighted by molar-refractivity contribution is 5.69. The fourth-order valence-corrected chi connectivity index (χ4v) is 2.73. The van der Waals surface area contributed by atoms with Crippen molar-refractivity contribution in [2.24, 2.45) is 5.73 Å². The first-order chi connectivity index (χ1) is 9.15. The highest BCUT2D eigenvalue weighted by Gasteiger charge is 2.30. The van der Waals surface area contributed by atoms with E-state index in [9.17, 15) is 4.79 Å². The van der Waals surface area contributed by atoms with Crippen LogP contribution in [0.4, 0.5) is 0 Å². The van der Waals surface area contributed by atoms with Crippen molar-refractivity contribution in [3.8, 4) is 5.75 Å². The number of rotatable bonds is 5. The fourth-order valence-electron chi connectivity index (χ4n) is 2.73. The van der Waals surface area contributed by atoms with E-state index in [4.69, 9.17) is 15.2 Å². The molecule has 1 aliphatic rings. The number of fused-ring (bicyclic) bond motifs is 1. The summed E-state index contributed by atoms with van der Waals surface area (Å²) in [6, 6.07) is 6.21. The van der Waals surface area contributed by atoms with Crippen molar-refractivity contribution in [2.75, 3.05) is 13.7 Å². The van der Waals surface area contributed by atoms with Gasteiger partial charge >= 0.3 is 5.97 Å². The summed E-state index contributed by atoms with van der Waals surface area (Å²) in [6.45, 7) is 2.62. The summed E-state index contributed by atoms with van der Waals surface area (Å²) in [5.41, 5.74) is 8.68. The van der Waals surface area contributed by atoms with Crippen LogP contribution in [0.2, 0.25) is 0 Å². The third kappa shape index (κ3) is 3.07. The smallest absolute Gasteiger partial charge is 0.305 e. The molecule has 4 heteroatoms. The van der Waals surface area contributed by atoms with Crippen LogP contribution in [-0.2, 0) is 16.0 Å². The molecule has 0 amide bonds. The normalized spacial score (nSPS) is 21.0. The van der Waals surface area contributed by atoms with Crippen LogP contribution < -0.4 is 10.5 Å². The molecule has 0 aliphatic heterocycles. The van der Waals surface area contributed by atoms with E-state index in [0.29, 0.717) is 13.0 Å². The molecule has 0 radical (unpaired) electrons. The Morgan fingerprint density at radius 2 is 2.26 bits per heavy atom. The maximum Gasteiger partial charge on any atom is 0.305 e. The van der Waals surface area contributed by atoms with E-state index in [1.807, 2.05) is 13.0 Å². The minimum Gasteiger partial charge on any atom is -0.494 e. The summed E-state index contributed by atoms with van der Waals surface area (Å²) in [5, 5.41) is 0. The molecule has 0 fully saturated rings. The first-order valence-corrected chi connectivity index (χ1v) is 6.73. The van der Waals surface area contributed by atoms with E-state index < -0.39 is 0 Å². The number of methoxy groups -OCH3 is 1. The van der Waals surface area contributed by atoms with Crippen LogP contribution in [0.5, 0.6) is 5.75 Å². The summed E-state index contributed by atoms with van der Waals surface area (Å²) >= 11 is 0. The molecule has 0 spiro atoms. The van der Waals surface area contributed by atoms with E-state index in [-0.39, 0.29) is 17.9 Å². The Morgan fingerprint density at radius 1 is 1.47 bits per heavy atom. The Bertz CT molecular complexity index is 459. The molecule has 0 saturated heterocycles. The van der Waals surface area contributed by atoms with Gasteiger partial charge in [0.05, 0.1) is 13.7 Å². The minimum atomic E-state index is -0.179. The summed E-state index contributed by atoms with van der Waals surface area (Å²) in [7, 11) is 1.41. The van der Waals surface area contributed by atoms with Gasteiger partial charge in [-0.1, -0.05) is 6.07 Å². The van der Waals surface area contributed by atoms with Crippen molar-refractivity contribution >= 4 is 5.97 Å². The number of carbonyl (C=O) groups is 1. The lowest BCUT2D eigenvalue weighted by Gasteiger charge is -2.16. The van der Waals surface area contributed by atoms with Crippen LogP contribution in [0.25, 0.3) is 0 Å². The van der Waals surface area contributed by atoms with Gasteiger partial charge in [-0.3, -0.25) is 4.79 Å². The lowest BCUT2D eigenvalue weighted by atomic mass is 9.93. The highest BCUT2D eigenvalue weighted by atomic mass is 16.5. The fraction of sp³-hybridized carbons (Fsp3) is 0.533. The molecule has 1 aromatic carbocycles. The van der Waals surface area contributed by atoms with E-state index >= 15 is 0 Å². The average molecular weight is 263 g/mol. The Morgan fingerprint density at radius 3 is 2.95 bits per heavy atom. The zero-order valence-electron chi connectivity index (χ0n) is 11.5. The predicted molar refractivity (Wildman–Crippen MR) is 73.3 cm³/mol. The van der Waals surface area contributed by atoms with Crippen LogP contribution in [0.1, 0.15) is 36.8 Å². The Labute approximate surface area is 113 Å². The van der Waals surface area contributed by atoms with Gasteiger partial charge in [-0.05, 0) is 43.0 Å². The summed E-state index contributed by atoms with van der Waals surface area (Å²) in [4.78, 5) is 11.3. The van der Waals surface area contributed by atoms with Crippen molar-refractivity contribution in [2.45, 2.75) is 38.1 Å². The molecule has 0 aromatic heterocycles. The molecular weight excluding hydrogens is 242 g/mol. The van der Waals surface area contributed by atoms with Crippen molar-refractivity contribution in [3.05, 3.63) is 29.3 Å². The molecule has 2 rings (SSSR count). The monoisotopic (exact) mass is 263 g/mol. The topological polar surface area (TPSA) is 61.5 Å². The van der Waals surface area contributed by atoms with Crippen LogP contribution in [0.15, 0.2) is 18.2 Å². The Kier molecular flexibility index (Phi) is 4.43. The van der Waals surface area contributed by atoms with Gasteiger partial charge in [-0.2, -0.15) is 0 Å².